The first kappa shape index (κ1) is 20.1. The highest BCUT2D eigenvalue weighted by molar-refractivity contribution is 5.79. The van der Waals surface area contributed by atoms with E-state index in [9.17, 15) is 4.79 Å². The van der Waals surface area contributed by atoms with Crippen LogP contribution in [0.15, 0.2) is 18.2 Å². The molecular weight excluding hydrogens is 378 g/mol. The molecule has 1 aromatic rings. The van der Waals surface area contributed by atoms with E-state index in [1.54, 1.807) is 0 Å². The maximum Gasteiger partial charge on any atom is 0.231 e. The van der Waals surface area contributed by atoms with Gasteiger partial charge in [-0.05, 0) is 43.4 Å². The van der Waals surface area contributed by atoms with Gasteiger partial charge in [0, 0.05) is 57.8 Å². The molecule has 0 spiro atoms. The first-order valence-corrected chi connectivity index (χ1v) is 11.9. The fourth-order valence-corrected chi connectivity index (χ4v) is 5.64. The predicted molar refractivity (Wildman–Crippen MR) is 116 cm³/mol. The molecule has 2 saturated heterocycles. The third-order valence-corrected chi connectivity index (χ3v) is 7.43. The Labute approximate surface area is 180 Å². The van der Waals surface area contributed by atoms with E-state index in [4.69, 9.17) is 9.47 Å². The monoisotopic (exact) mass is 413 g/mol. The van der Waals surface area contributed by atoms with E-state index in [1.807, 2.05) is 6.07 Å². The number of ether oxygens (including phenoxy) is 2. The second kappa shape index (κ2) is 9.15. The van der Waals surface area contributed by atoms with Crippen molar-refractivity contribution in [2.24, 2.45) is 5.92 Å². The summed E-state index contributed by atoms with van der Waals surface area (Å²) in [6, 6.07) is 6.83. The molecule has 0 radical (unpaired) electrons. The molecule has 4 aliphatic rings. The molecule has 30 heavy (non-hydrogen) atoms. The minimum atomic E-state index is 0.302. The molecular formula is C24H35N3O3. The van der Waals surface area contributed by atoms with Gasteiger partial charge in [0.15, 0.2) is 11.5 Å². The zero-order chi connectivity index (χ0) is 20.3. The van der Waals surface area contributed by atoms with Crippen LogP contribution in [0.4, 0.5) is 0 Å². The lowest BCUT2D eigenvalue weighted by Gasteiger charge is -2.44. The van der Waals surface area contributed by atoms with Gasteiger partial charge in [0.25, 0.3) is 0 Å². The highest BCUT2D eigenvalue weighted by Crippen LogP contribution is 2.33. The molecule has 5 rings (SSSR count). The number of carbonyl (C=O) groups excluding carboxylic acids is 1. The van der Waals surface area contributed by atoms with E-state index < -0.39 is 0 Å². The topological polar surface area (TPSA) is 45.3 Å². The molecule has 3 heterocycles. The van der Waals surface area contributed by atoms with Gasteiger partial charge in [-0.1, -0.05) is 25.3 Å². The van der Waals surface area contributed by atoms with Gasteiger partial charge in [-0.3, -0.25) is 14.6 Å². The Bertz CT molecular complexity index is 741. The summed E-state index contributed by atoms with van der Waals surface area (Å²) in [5.41, 5.74) is 1.29. The Morgan fingerprint density at radius 3 is 2.53 bits per heavy atom. The number of likely N-dealkylation sites (tertiary alicyclic amines) is 1. The van der Waals surface area contributed by atoms with E-state index >= 15 is 0 Å². The van der Waals surface area contributed by atoms with E-state index in [0.29, 0.717) is 24.7 Å². The van der Waals surface area contributed by atoms with Crippen LogP contribution in [0.3, 0.4) is 0 Å². The van der Waals surface area contributed by atoms with Crippen LogP contribution in [-0.2, 0) is 11.3 Å². The molecule has 1 aromatic carbocycles. The van der Waals surface area contributed by atoms with Crippen LogP contribution in [0.2, 0.25) is 0 Å². The number of fused-ring (bicyclic) bond motifs is 1. The lowest BCUT2D eigenvalue weighted by molar-refractivity contribution is -0.139. The van der Waals surface area contributed by atoms with Crippen LogP contribution in [0.1, 0.15) is 50.5 Å². The standard InChI is InChI=1S/C24H35N3O3/c28-24(20-5-2-1-3-6-20)27-10-4-7-21(17-27)26-13-11-25(12-14-26)16-19-8-9-22-23(15-19)30-18-29-22/h8-9,15,20-21H,1-7,10-14,16-18H2/t21-/m0/s1. The first-order valence-electron chi connectivity index (χ1n) is 11.9. The van der Waals surface area contributed by atoms with Crippen LogP contribution >= 0.6 is 0 Å². The number of hydrogen-bond donors (Lipinski definition) is 0. The molecule has 1 saturated carbocycles. The van der Waals surface area contributed by atoms with Crippen LogP contribution in [-0.4, -0.2) is 72.7 Å². The lowest BCUT2D eigenvalue weighted by Crippen LogP contribution is -2.56. The summed E-state index contributed by atoms with van der Waals surface area (Å²) < 4.78 is 10.9. The summed E-state index contributed by atoms with van der Waals surface area (Å²) >= 11 is 0. The average Bonchev–Trinajstić information content (AvgIpc) is 3.28. The van der Waals surface area contributed by atoms with Crippen LogP contribution in [0.25, 0.3) is 0 Å². The minimum Gasteiger partial charge on any atom is -0.454 e. The second-order valence-electron chi connectivity index (χ2n) is 9.41. The van der Waals surface area contributed by atoms with Gasteiger partial charge in [0.05, 0.1) is 0 Å². The van der Waals surface area contributed by atoms with Gasteiger partial charge in [-0.15, -0.1) is 0 Å². The smallest absolute Gasteiger partial charge is 0.231 e. The summed E-state index contributed by atoms with van der Waals surface area (Å²) in [5.74, 6) is 2.47. The van der Waals surface area contributed by atoms with Gasteiger partial charge in [0.2, 0.25) is 12.7 Å². The summed E-state index contributed by atoms with van der Waals surface area (Å²) in [6.07, 6.45) is 8.38. The molecule has 6 heteroatoms. The van der Waals surface area contributed by atoms with Crippen molar-refractivity contribution in [3.05, 3.63) is 23.8 Å². The lowest BCUT2D eigenvalue weighted by atomic mass is 9.87. The van der Waals surface area contributed by atoms with Crippen molar-refractivity contribution in [3.63, 3.8) is 0 Å². The van der Waals surface area contributed by atoms with Crippen LogP contribution in [0, 0.1) is 5.92 Å². The maximum absolute atomic E-state index is 13.0. The van der Waals surface area contributed by atoms with Crippen molar-refractivity contribution in [3.8, 4) is 11.5 Å². The number of nitrogens with zero attached hydrogens (tertiary/aromatic N) is 3. The maximum atomic E-state index is 13.0. The van der Waals surface area contributed by atoms with Gasteiger partial charge >= 0.3 is 0 Å². The molecule has 3 aliphatic heterocycles. The van der Waals surface area contributed by atoms with E-state index in [1.165, 1.54) is 31.2 Å². The number of piperidine rings is 1. The summed E-state index contributed by atoms with van der Waals surface area (Å²) in [5, 5.41) is 0. The molecule has 164 valence electrons. The van der Waals surface area contributed by atoms with Crippen LogP contribution < -0.4 is 9.47 Å². The zero-order valence-electron chi connectivity index (χ0n) is 18.1. The fraction of sp³-hybridized carbons (Fsp3) is 0.708. The molecule has 0 aromatic heterocycles. The Kier molecular flexibility index (Phi) is 6.14. The Balaban J connectivity index is 1.11. The molecule has 1 amide bonds. The van der Waals surface area contributed by atoms with Gasteiger partial charge in [-0.2, -0.15) is 0 Å². The third-order valence-electron chi connectivity index (χ3n) is 7.43. The largest absolute Gasteiger partial charge is 0.454 e. The van der Waals surface area contributed by atoms with Crippen molar-refractivity contribution in [2.45, 2.75) is 57.5 Å². The average molecular weight is 414 g/mol. The number of amides is 1. The summed E-state index contributed by atoms with van der Waals surface area (Å²) in [7, 11) is 0. The third kappa shape index (κ3) is 4.45. The SMILES string of the molecule is O=C(C1CCCCC1)N1CCC[C@H](N2CCN(Cc3ccc4c(c3)OCO4)CC2)C1. The number of carbonyl (C=O) groups is 1. The second-order valence-corrected chi connectivity index (χ2v) is 9.41. The minimum absolute atomic E-state index is 0.302. The number of hydrogen-bond acceptors (Lipinski definition) is 5. The van der Waals surface area contributed by atoms with Gasteiger partial charge in [-0.25, -0.2) is 0 Å². The predicted octanol–water partition coefficient (Wildman–Crippen LogP) is 3.10. The quantitative estimate of drug-likeness (QED) is 0.759. The van der Waals surface area contributed by atoms with Crippen molar-refractivity contribution in [1.29, 1.82) is 0 Å². The van der Waals surface area contributed by atoms with E-state index in [2.05, 4.69) is 26.8 Å². The Morgan fingerprint density at radius 2 is 1.70 bits per heavy atom. The van der Waals surface area contributed by atoms with Crippen LogP contribution in [0.5, 0.6) is 11.5 Å². The molecule has 1 atom stereocenters. The van der Waals surface area contributed by atoms with Gasteiger partial charge in [0.1, 0.15) is 0 Å². The highest BCUT2D eigenvalue weighted by Gasteiger charge is 2.33. The zero-order valence-corrected chi connectivity index (χ0v) is 18.1. The number of rotatable bonds is 4. The molecule has 1 aliphatic carbocycles. The van der Waals surface area contributed by atoms with Gasteiger partial charge < -0.3 is 14.4 Å². The summed E-state index contributed by atoms with van der Waals surface area (Å²) in [4.78, 5) is 20.4. The van der Waals surface area contributed by atoms with Crippen molar-refractivity contribution < 1.29 is 14.3 Å². The molecule has 3 fully saturated rings. The van der Waals surface area contributed by atoms with Crippen molar-refractivity contribution >= 4 is 5.91 Å². The first-order chi connectivity index (χ1) is 14.8. The fourth-order valence-electron chi connectivity index (χ4n) is 5.64. The molecule has 6 nitrogen and oxygen atoms in total. The van der Waals surface area contributed by atoms with E-state index in [0.717, 1.165) is 76.6 Å². The Hall–Kier alpha value is -1.79. The highest BCUT2D eigenvalue weighted by atomic mass is 16.7. The van der Waals surface area contributed by atoms with Crippen molar-refractivity contribution in [1.82, 2.24) is 14.7 Å². The number of piperazine rings is 1. The molecule has 0 N–H and O–H groups in total. The molecule has 0 bridgehead atoms. The number of benzene rings is 1. The normalized spacial score (nSPS) is 26.1. The van der Waals surface area contributed by atoms with Crippen molar-refractivity contribution in [2.75, 3.05) is 46.1 Å². The molecule has 0 unspecified atom stereocenters. The summed E-state index contributed by atoms with van der Waals surface area (Å²) in [6.45, 7) is 7.57. The van der Waals surface area contributed by atoms with E-state index in [-0.39, 0.29) is 0 Å². The Morgan fingerprint density at radius 1 is 0.900 bits per heavy atom.